The maximum atomic E-state index is 12.7. The van der Waals surface area contributed by atoms with Crippen LogP contribution in [0.1, 0.15) is 5.56 Å². The molecule has 6 nitrogen and oxygen atoms in total. The van der Waals surface area contributed by atoms with Gasteiger partial charge in [0.2, 0.25) is 5.88 Å². The number of ether oxygens (including phenoxy) is 1. The smallest absolute Gasteiger partial charge is 0.288 e. The van der Waals surface area contributed by atoms with E-state index in [9.17, 15) is 14.5 Å². The lowest BCUT2D eigenvalue weighted by Crippen LogP contribution is -2.20. The number of halogens is 1. The van der Waals surface area contributed by atoms with E-state index in [1.165, 1.54) is 0 Å². The first-order chi connectivity index (χ1) is 8.04. The number of rotatable bonds is 6. The fourth-order valence-electron chi connectivity index (χ4n) is 1.14. The number of hydrogen-bond acceptors (Lipinski definition) is 5. The number of nitro groups is 1. The molecule has 0 radical (unpaired) electrons. The lowest BCUT2D eigenvalue weighted by atomic mass is 10.3. The topological polar surface area (TPSA) is 68.5 Å². The predicted octanol–water partition coefficient (Wildman–Crippen LogP) is 1.40. The van der Waals surface area contributed by atoms with Crippen LogP contribution in [0.4, 0.5) is 10.1 Å². The third-order valence-electron chi connectivity index (χ3n) is 2.04. The molecular weight excluding hydrogens is 229 g/mol. The monoisotopic (exact) mass is 243 g/mol. The lowest BCUT2D eigenvalue weighted by Gasteiger charge is -2.11. The standard InChI is InChI=1S/C10H14FN3O3/c1-13(2)3-4-17-10-8(6-11)5-9(7-12-10)14(15)16/h5,7H,3-4,6H2,1-2H3. The van der Waals surface area contributed by atoms with Gasteiger partial charge in [0.1, 0.15) is 19.5 Å². The SMILES string of the molecule is CN(C)CCOc1ncc([N+](=O)[O-])cc1CF. The van der Waals surface area contributed by atoms with Crippen LogP contribution in [0.25, 0.3) is 0 Å². The average molecular weight is 243 g/mol. The van der Waals surface area contributed by atoms with Crippen LogP contribution in [0.3, 0.4) is 0 Å². The Morgan fingerprint density at radius 1 is 1.59 bits per heavy atom. The maximum Gasteiger partial charge on any atom is 0.288 e. The zero-order chi connectivity index (χ0) is 12.8. The Hall–Kier alpha value is -1.76. The predicted molar refractivity (Wildman–Crippen MR) is 59.8 cm³/mol. The van der Waals surface area contributed by atoms with E-state index in [1.807, 2.05) is 19.0 Å². The number of nitrogens with zero attached hydrogens (tertiary/aromatic N) is 3. The molecule has 17 heavy (non-hydrogen) atoms. The molecule has 7 heteroatoms. The summed E-state index contributed by atoms with van der Waals surface area (Å²) in [6, 6.07) is 1.14. The number of hydrogen-bond donors (Lipinski definition) is 0. The summed E-state index contributed by atoms with van der Waals surface area (Å²) in [6.07, 6.45) is 1.06. The molecule has 0 saturated heterocycles. The van der Waals surface area contributed by atoms with Crippen LogP contribution < -0.4 is 4.74 Å². The van der Waals surface area contributed by atoms with Gasteiger partial charge in [0, 0.05) is 12.6 Å². The summed E-state index contributed by atoms with van der Waals surface area (Å²) in [7, 11) is 3.76. The largest absolute Gasteiger partial charge is 0.476 e. The summed E-state index contributed by atoms with van der Waals surface area (Å²) in [6.45, 7) is 0.168. The van der Waals surface area contributed by atoms with Crippen molar-refractivity contribution in [1.29, 1.82) is 0 Å². The summed E-state index contributed by atoms with van der Waals surface area (Å²) in [5, 5.41) is 10.5. The molecule has 94 valence electrons. The van der Waals surface area contributed by atoms with Gasteiger partial charge in [-0.1, -0.05) is 0 Å². The van der Waals surface area contributed by atoms with Gasteiger partial charge in [-0.3, -0.25) is 10.1 Å². The minimum absolute atomic E-state index is 0.0953. The van der Waals surface area contributed by atoms with Gasteiger partial charge in [0.05, 0.1) is 10.5 Å². The van der Waals surface area contributed by atoms with E-state index in [-0.39, 0.29) is 17.1 Å². The third-order valence-corrected chi connectivity index (χ3v) is 2.04. The summed E-state index contributed by atoms with van der Waals surface area (Å²) in [5.41, 5.74) is -0.143. The molecule has 0 bridgehead atoms. The molecule has 1 aromatic heterocycles. The van der Waals surface area contributed by atoms with Crippen LogP contribution in [0, 0.1) is 10.1 Å². The van der Waals surface area contributed by atoms with Gasteiger partial charge in [0.25, 0.3) is 5.69 Å². The third kappa shape index (κ3) is 3.95. The number of aromatic nitrogens is 1. The molecule has 0 saturated carbocycles. The second kappa shape index (κ2) is 6.09. The van der Waals surface area contributed by atoms with Crippen molar-refractivity contribution in [3.05, 3.63) is 27.9 Å². The van der Waals surface area contributed by atoms with Crippen LogP contribution in [-0.4, -0.2) is 42.1 Å². The van der Waals surface area contributed by atoms with Gasteiger partial charge in [-0.25, -0.2) is 9.37 Å². The number of likely N-dealkylation sites (N-methyl/N-ethyl adjacent to an activating group) is 1. The Labute approximate surface area is 98.2 Å². The molecule has 0 atom stereocenters. The second-order valence-electron chi connectivity index (χ2n) is 3.70. The first-order valence-electron chi connectivity index (χ1n) is 5.01. The minimum atomic E-state index is -0.841. The molecule has 0 unspecified atom stereocenters. The highest BCUT2D eigenvalue weighted by atomic mass is 19.1. The molecule has 0 aromatic carbocycles. The Kier molecular flexibility index (Phi) is 4.77. The van der Waals surface area contributed by atoms with Gasteiger partial charge >= 0.3 is 0 Å². The van der Waals surface area contributed by atoms with E-state index in [0.717, 1.165) is 12.3 Å². The summed E-state index contributed by atoms with van der Waals surface area (Å²) < 4.78 is 17.9. The molecule has 0 aliphatic rings. The van der Waals surface area contributed by atoms with Gasteiger partial charge in [-0.15, -0.1) is 0 Å². The fraction of sp³-hybridized carbons (Fsp3) is 0.500. The van der Waals surface area contributed by atoms with Crippen molar-refractivity contribution in [2.75, 3.05) is 27.2 Å². The highest BCUT2D eigenvalue weighted by Gasteiger charge is 2.13. The van der Waals surface area contributed by atoms with Crippen molar-refractivity contribution in [3.63, 3.8) is 0 Å². The quantitative estimate of drug-likeness (QED) is 0.558. The van der Waals surface area contributed by atoms with Crippen LogP contribution in [0.5, 0.6) is 5.88 Å². The molecule has 0 amide bonds. The highest BCUT2D eigenvalue weighted by Crippen LogP contribution is 2.21. The van der Waals surface area contributed by atoms with E-state index in [4.69, 9.17) is 4.74 Å². The van der Waals surface area contributed by atoms with Crippen molar-refractivity contribution >= 4 is 5.69 Å². The summed E-state index contributed by atoms with van der Waals surface area (Å²) >= 11 is 0. The first kappa shape index (κ1) is 13.3. The van der Waals surface area contributed by atoms with Crippen LogP contribution in [0.2, 0.25) is 0 Å². The fourth-order valence-corrected chi connectivity index (χ4v) is 1.14. The van der Waals surface area contributed by atoms with Crippen LogP contribution >= 0.6 is 0 Å². The molecule has 0 aliphatic carbocycles. The lowest BCUT2D eigenvalue weighted by molar-refractivity contribution is -0.385. The van der Waals surface area contributed by atoms with Gasteiger partial charge in [-0.2, -0.15) is 0 Å². The van der Waals surface area contributed by atoms with E-state index >= 15 is 0 Å². The van der Waals surface area contributed by atoms with Crippen molar-refractivity contribution in [2.45, 2.75) is 6.67 Å². The first-order valence-corrected chi connectivity index (χ1v) is 5.01. The zero-order valence-corrected chi connectivity index (χ0v) is 9.72. The Balaban J connectivity index is 2.75. The van der Waals surface area contributed by atoms with E-state index in [2.05, 4.69) is 4.98 Å². The van der Waals surface area contributed by atoms with Crippen molar-refractivity contribution in [1.82, 2.24) is 9.88 Å². The van der Waals surface area contributed by atoms with E-state index in [0.29, 0.717) is 13.2 Å². The Morgan fingerprint density at radius 2 is 2.29 bits per heavy atom. The number of pyridine rings is 1. The van der Waals surface area contributed by atoms with E-state index < -0.39 is 11.6 Å². The van der Waals surface area contributed by atoms with Gasteiger partial charge < -0.3 is 9.64 Å². The zero-order valence-electron chi connectivity index (χ0n) is 9.72. The van der Waals surface area contributed by atoms with Crippen molar-refractivity contribution in [3.8, 4) is 5.88 Å². The van der Waals surface area contributed by atoms with Gasteiger partial charge in [-0.05, 0) is 14.1 Å². The molecule has 0 N–H and O–H groups in total. The van der Waals surface area contributed by atoms with Crippen LogP contribution in [0.15, 0.2) is 12.3 Å². The maximum absolute atomic E-state index is 12.7. The van der Waals surface area contributed by atoms with Gasteiger partial charge in [0.15, 0.2) is 0 Å². The molecule has 1 heterocycles. The van der Waals surface area contributed by atoms with Crippen molar-refractivity contribution < 1.29 is 14.1 Å². The van der Waals surface area contributed by atoms with Crippen molar-refractivity contribution in [2.24, 2.45) is 0 Å². The second-order valence-corrected chi connectivity index (χ2v) is 3.70. The summed E-state index contributed by atoms with van der Waals surface area (Å²) in [5.74, 6) is 0.111. The summed E-state index contributed by atoms with van der Waals surface area (Å²) in [4.78, 5) is 15.5. The molecule has 1 aromatic rings. The normalized spacial score (nSPS) is 10.6. The minimum Gasteiger partial charge on any atom is -0.476 e. The van der Waals surface area contributed by atoms with E-state index in [1.54, 1.807) is 0 Å². The Bertz CT molecular complexity index is 398. The highest BCUT2D eigenvalue weighted by molar-refractivity contribution is 5.37. The molecule has 0 fully saturated rings. The average Bonchev–Trinajstić information content (AvgIpc) is 2.28. The number of alkyl halides is 1. The molecule has 0 spiro atoms. The molecule has 0 aliphatic heterocycles. The van der Waals surface area contributed by atoms with Crippen LogP contribution in [-0.2, 0) is 6.67 Å². The Morgan fingerprint density at radius 3 is 2.82 bits per heavy atom. The molecular formula is C10H14FN3O3. The molecule has 1 rings (SSSR count).